The topological polar surface area (TPSA) is 107 Å². The molecule has 1 aliphatic rings. The Morgan fingerprint density at radius 2 is 2.16 bits per heavy atom. The van der Waals surface area contributed by atoms with Gasteiger partial charge in [0.25, 0.3) is 5.56 Å². The van der Waals surface area contributed by atoms with Crippen molar-refractivity contribution < 1.29 is 14.0 Å². The summed E-state index contributed by atoms with van der Waals surface area (Å²) in [7, 11) is 0. The first-order chi connectivity index (χ1) is 14.8. The number of imide groups is 1. The number of aromatic nitrogens is 2. The molecule has 0 saturated heterocycles. The molecule has 4 rings (SSSR count). The summed E-state index contributed by atoms with van der Waals surface area (Å²) < 4.78 is 15.9. The second kappa shape index (κ2) is 8.80. The number of primary amides is 1. The molecule has 0 fully saturated rings. The number of thioether (sulfide) groups is 1. The van der Waals surface area contributed by atoms with Gasteiger partial charge in [-0.25, -0.2) is 14.2 Å². The smallest absolute Gasteiger partial charge is 0.318 e. The molecule has 3 aromatic rings. The minimum absolute atomic E-state index is 0.00274. The van der Waals surface area contributed by atoms with Gasteiger partial charge in [0, 0.05) is 17.1 Å². The number of fused-ring (bicyclic) bond motifs is 3. The number of nitrogens with zero attached hydrogens (tertiary/aromatic N) is 2. The van der Waals surface area contributed by atoms with E-state index in [9.17, 15) is 18.8 Å². The molecular formula is C21H21FN4O3S2. The third-order valence-corrected chi connectivity index (χ3v) is 7.30. The zero-order valence-corrected chi connectivity index (χ0v) is 18.4. The van der Waals surface area contributed by atoms with Crippen LogP contribution in [0.25, 0.3) is 15.9 Å². The minimum atomic E-state index is -0.920. The van der Waals surface area contributed by atoms with Crippen molar-refractivity contribution in [2.24, 2.45) is 11.7 Å². The number of thiophene rings is 1. The van der Waals surface area contributed by atoms with Crippen molar-refractivity contribution in [3.8, 4) is 5.69 Å². The van der Waals surface area contributed by atoms with E-state index in [2.05, 4.69) is 6.92 Å². The van der Waals surface area contributed by atoms with E-state index in [1.165, 1.54) is 32.9 Å². The molecule has 1 aromatic carbocycles. The Labute approximate surface area is 185 Å². The Morgan fingerprint density at radius 3 is 2.90 bits per heavy atom. The van der Waals surface area contributed by atoms with Crippen LogP contribution in [0.5, 0.6) is 0 Å². The van der Waals surface area contributed by atoms with Crippen LogP contribution in [0.1, 0.15) is 30.2 Å². The van der Waals surface area contributed by atoms with E-state index < -0.39 is 17.8 Å². The SMILES string of the molecule is CC1CCc2c(sc3nc(SCCC(=O)NC(N)=O)n(-c4ccccc4F)c(=O)c23)C1. The molecule has 0 spiro atoms. The third-order valence-electron chi connectivity index (χ3n) is 5.21. The highest BCUT2D eigenvalue weighted by molar-refractivity contribution is 7.99. The van der Waals surface area contributed by atoms with Gasteiger partial charge in [-0.2, -0.15) is 0 Å². The van der Waals surface area contributed by atoms with Crippen LogP contribution in [-0.4, -0.2) is 27.2 Å². The molecule has 31 heavy (non-hydrogen) atoms. The van der Waals surface area contributed by atoms with E-state index in [1.54, 1.807) is 12.1 Å². The Balaban J connectivity index is 1.79. The predicted molar refractivity (Wildman–Crippen MR) is 119 cm³/mol. The summed E-state index contributed by atoms with van der Waals surface area (Å²) in [5, 5.41) is 2.87. The maximum Gasteiger partial charge on any atom is 0.318 e. The number of amides is 3. The van der Waals surface area contributed by atoms with Gasteiger partial charge >= 0.3 is 6.03 Å². The maximum absolute atomic E-state index is 14.6. The second-order valence-corrected chi connectivity index (χ2v) is 9.67. The van der Waals surface area contributed by atoms with Gasteiger partial charge in [0.15, 0.2) is 5.16 Å². The lowest BCUT2D eigenvalue weighted by Crippen LogP contribution is -2.35. The number of carbonyl (C=O) groups excluding carboxylic acids is 2. The van der Waals surface area contributed by atoms with Gasteiger partial charge in [0.1, 0.15) is 10.6 Å². The number of halogens is 1. The minimum Gasteiger partial charge on any atom is -0.351 e. The Morgan fingerprint density at radius 1 is 1.39 bits per heavy atom. The first-order valence-corrected chi connectivity index (χ1v) is 11.7. The standard InChI is InChI=1S/C21H21FN4O3S2/c1-11-6-7-12-15(10-11)31-18-17(12)19(28)26(14-5-3-2-4-13(14)22)21(25-18)30-9-8-16(27)24-20(23)29/h2-5,11H,6-10H2,1H3,(H3,23,24,27,29). The van der Waals surface area contributed by atoms with E-state index in [1.807, 2.05) is 5.32 Å². The quantitative estimate of drug-likeness (QED) is 0.448. The average Bonchev–Trinajstić information content (AvgIpc) is 3.06. The Hall–Kier alpha value is -2.72. The Bertz CT molecular complexity index is 1240. The molecule has 1 atom stereocenters. The normalized spacial score (nSPS) is 15.6. The van der Waals surface area contributed by atoms with E-state index in [0.717, 1.165) is 36.6 Å². The average molecular weight is 461 g/mol. The summed E-state index contributed by atoms with van der Waals surface area (Å²) in [6, 6.07) is 5.14. The molecule has 1 unspecified atom stereocenters. The van der Waals surface area contributed by atoms with Crippen molar-refractivity contribution in [3.63, 3.8) is 0 Å². The molecule has 3 N–H and O–H groups in total. The number of urea groups is 1. The zero-order chi connectivity index (χ0) is 22.1. The summed E-state index contributed by atoms with van der Waals surface area (Å²) in [6.07, 6.45) is 2.72. The molecule has 0 aliphatic heterocycles. The molecule has 7 nitrogen and oxygen atoms in total. The fraction of sp³-hybridized carbons (Fsp3) is 0.333. The number of benzene rings is 1. The van der Waals surface area contributed by atoms with Gasteiger partial charge in [-0.1, -0.05) is 30.8 Å². The summed E-state index contributed by atoms with van der Waals surface area (Å²) >= 11 is 2.68. The van der Waals surface area contributed by atoms with Crippen molar-refractivity contribution in [1.29, 1.82) is 0 Å². The number of hydrogen-bond donors (Lipinski definition) is 2. The van der Waals surface area contributed by atoms with Gasteiger partial charge in [-0.15, -0.1) is 11.3 Å². The maximum atomic E-state index is 14.6. The van der Waals surface area contributed by atoms with Crippen LogP contribution >= 0.6 is 23.1 Å². The van der Waals surface area contributed by atoms with E-state index >= 15 is 0 Å². The van der Waals surface area contributed by atoms with Gasteiger partial charge in [-0.3, -0.25) is 19.5 Å². The number of rotatable bonds is 5. The molecule has 0 saturated carbocycles. The third kappa shape index (κ3) is 4.35. The van der Waals surface area contributed by atoms with E-state index in [4.69, 9.17) is 10.7 Å². The molecule has 0 bridgehead atoms. The molecule has 3 amide bonds. The fourth-order valence-corrected chi connectivity index (χ4v) is 6.12. The van der Waals surface area contributed by atoms with Crippen molar-refractivity contribution in [2.75, 3.05) is 5.75 Å². The molecule has 0 radical (unpaired) electrons. The van der Waals surface area contributed by atoms with Crippen LogP contribution in [0, 0.1) is 11.7 Å². The number of nitrogens with one attached hydrogen (secondary N) is 1. The van der Waals surface area contributed by atoms with Gasteiger partial charge in [-0.05, 0) is 42.9 Å². The highest BCUT2D eigenvalue weighted by Crippen LogP contribution is 2.37. The summed E-state index contributed by atoms with van der Waals surface area (Å²) in [4.78, 5) is 42.6. The lowest BCUT2D eigenvalue weighted by atomic mass is 9.89. The van der Waals surface area contributed by atoms with Crippen LogP contribution in [-0.2, 0) is 17.6 Å². The van der Waals surface area contributed by atoms with Crippen LogP contribution in [0.4, 0.5) is 9.18 Å². The van der Waals surface area contributed by atoms with Crippen LogP contribution in [0.2, 0.25) is 0 Å². The number of para-hydroxylation sites is 1. The molecule has 162 valence electrons. The Kier molecular flexibility index (Phi) is 6.10. The zero-order valence-electron chi connectivity index (χ0n) is 16.8. The van der Waals surface area contributed by atoms with Crippen LogP contribution < -0.4 is 16.6 Å². The van der Waals surface area contributed by atoms with E-state index in [0.29, 0.717) is 21.3 Å². The fourth-order valence-electron chi connectivity index (χ4n) is 3.75. The number of nitrogens with two attached hydrogens (primary N) is 1. The lowest BCUT2D eigenvalue weighted by molar-refractivity contribution is -0.119. The first-order valence-electron chi connectivity index (χ1n) is 9.89. The molecule has 2 aromatic heterocycles. The summed E-state index contributed by atoms with van der Waals surface area (Å²) in [5.41, 5.74) is 5.80. The summed E-state index contributed by atoms with van der Waals surface area (Å²) in [5.74, 6) is -0.265. The number of aryl methyl sites for hydroxylation is 1. The van der Waals surface area contributed by atoms with Gasteiger partial charge < -0.3 is 5.73 Å². The lowest BCUT2D eigenvalue weighted by Gasteiger charge is -2.18. The summed E-state index contributed by atoms with van der Waals surface area (Å²) in [6.45, 7) is 2.19. The van der Waals surface area contributed by atoms with E-state index in [-0.39, 0.29) is 23.4 Å². The van der Waals surface area contributed by atoms with Crippen molar-refractivity contribution in [3.05, 3.63) is 50.9 Å². The van der Waals surface area contributed by atoms with Crippen molar-refractivity contribution in [2.45, 2.75) is 37.8 Å². The van der Waals surface area contributed by atoms with Crippen molar-refractivity contribution >= 4 is 45.3 Å². The molecular weight excluding hydrogens is 439 g/mol. The predicted octanol–water partition coefficient (Wildman–Crippen LogP) is 3.39. The monoisotopic (exact) mass is 460 g/mol. The second-order valence-electron chi connectivity index (χ2n) is 7.53. The highest BCUT2D eigenvalue weighted by Gasteiger charge is 2.25. The first kappa shape index (κ1) is 21.5. The number of carbonyl (C=O) groups is 2. The van der Waals surface area contributed by atoms with Gasteiger partial charge in [0.2, 0.25) is 5.91 Å². The number of hydrogen-bond acceptors (Lipinski definition) is 6. The van der Waals surface area contributed by atoms with Crippen LogP contribution in [0.15, 0.2) is 34.2 Å². The van der Waals surface area contributed by atoms with Crippen molar-refractivity contribution in [1.82, 2.24) is 14.9 Å². The molecule has 1 aliphatic carbocycles. The largest absolute Gasteiger partial charge is 0.351 e. The molecule has 10 heteroatoms. The highest BCUT2D eigenvalue weighted by atomic mass is 32.2. The van der Waals surface area contributed by atoms with Crippen LogP contribution in [0.3, 0.4) is 0 Å². The van der Waals surface area contributed by atoms with Gasteiger partial charge in [0.05, 0.1) is 11.1 Å². The molecule has 2 heterocycles.